The molecule has 0 bridgehead atoms. The van der Waals surface area contributed by atoms with Crippen LogP contribution in [0.1, 0.15) is 39.4 Å². The van der Waals surface area contributed by atoms with Crippen LogP contribution in [0, 0.1) is 18.6 Å². The van der Waals surface area contributed by atoms with Gasteiger partial charge in [-0.15, -0.1) is 0 Å². The number of rotatable bonds is 6. The molecule has 6 heteroatoms. The smallest absolute Gasteiger partial charge is 0.182 e. The fourth-order valence-corrected chi connectivity index (χ4v) is 4.78. The van der Waals surface area contributed by atoms with Crippen molar-refractivity contribution in [3.05, 3.63) is 87.7 Å². The second-order valence-electron chi connectivity index (χ2n) is 8.64. The molecule has 1 aromatic heterocycles. The molecule has 3 N–H and O–H groups in total. The number of phenols is 1. The number of aromatic hydroxyl groups is 1. The molecular weight excluding hydrogens is 418 g/mol. The van der Waals surface area contributed by atoms with E-state index in [0.717, 1.165) is 34.3 Å². The second kappa shape index (κ2) is 7.95. The summed E-state index contributed by atoms with van der Waals surface area (Å²) in [5, 5.41) is 10.1. The number of hydrogen-bond donors (Lipinski definition) is 3. The van der Waals surface area contributed by atoms with E-state index in [1.165, 1.54) is 5.56 Å². The summed E-state index contributed by atoms with van der Waals surface area (Å²) in [7, 11) is 0. The number of para-hydroxylation sites is 1. The van der Waals surface area contributed by atoms with Crippen LogP contribution in [-0.2, 0) is 0 Å². The Labute approximate surface area is 191 Å². The lowest BCUT2D eigenvalue weighted by Gasteiger charge is -2.25. The molecule has 1 aliphatic rings. The second-order valence-corrected chi connectivity index (χ2v) is 9.05. The Kier molecular flexibility index (Phi) is 5.10. The van der Waals surface area contributed by atoms with E-state index in [4.69, 9.17) is 12.2 Å². The van der Waals surface area contributed by atoms with Gasteiger partial charge in [-0.25, -0.2) is 0 Å². The number of benzene rings is 3. The average molecular weight is 444 g/mol. The summed E-state index contributed by atoms with van der Waals surface area (Å²) < 4.78 is 0.552. The summed E-state index contributed by atoms with van der Waals surface area (Å²) >= 11 is 5.16. The van der Waals surface area contributed by atoms with Gasteiger partial charge in [-0.1, -0.05) is 30.3 Å². The number of nitrogens with one attached hydrogen (secondary N) is 2. The molecule has 0 amide bonds. The largest absolute Gasteiger partial charge is 0.507 e. The topological polar surface area (TPSA) is 72.1 Å². The Morgan fingerprint density at radius 2 is 1.72 bits per heavy atom. The van der Waals surface area contributed by atoms with Gasteiger partial charge in [0, 0.05) is 23.2 Å². The van der Waals surface area contributed by atoms with Crippen LogP contribution < -0.4 is 4.90 Å². The Morgan fingerprint density at radius 1 is 1.03 bits per heavy atom. The van der Waals surface area contributed by atoms with Crippen LogP contribution in [0.15, 0.2) is 60.7 Å². The van der Waals surface area contributed by atoms with Gasteiger partial charge in [0.2, 0.25) is 0 Å². The van der Waals surface area contributed by atoms with Crippen molar-refractivity contribution in [1.29, 1.82) is 0 Å². The summed E-state index contributed by atoms with van der Waals surface area (Å²) in [6, 6.07) is 20.1. The highest BCUT2D eigenvalue weighted by Crippen LogP contribution is 2.47. The maximum absolute atomic E-state index is 13.3. The van der Waals surface area contributed by atoms with Crippen molar-refractivity contribution < 1.29 is 9.90 Å². The number of aromatic amines is 2. The highest BCUT2D eigenvalue weighted by atomic mass is 32.1. The lowest BCUT2D eigenvalue weighted by Crippen LogP contribution is -2.32. The molecule has 2 atom stereocenters. The number of aromatic nitrogens is 2. The minimum atomic E-state index is 0.0694. The Bertz CT molecular complexity index is 1350. The molecular formula is C26H25N3O2S. The SMILES string of the molecule is Cc1cc(C2CC2N(CC(=O)c2ccc3[nH]c(=S)[nH]c3c2)c2ccccc2)cc(C)c1O. The van der Waals surface area contributed by atoms with Crippen molar-refractivity contribution in [2.45, 2.75) is 32.2 Å². The van der Waals surface area contributed by atoms with E-state index in [1.54, 1.807) is 0 Å². The fraction of sp³-hybridized carbons (Fsp3) is 0.231. The van der Waals surface area contributed by atoms with Crippen LogP contribution in [0.25, 0.3) is 11.0 Å². The van der Waals surface area contributed by atoms with Gasteiger partial charge in [0.05, 0.1) is 17.6 Å². The maximum Gasteiger partial charge on any atom is 0.182 e. The minimum Gasteiger partial charge on any atom is -0.507 e. The predicted molar refractivity (Wildman–Crippen MR) is 130 cm³/mol. The van der Waals surface area contributed by atoms with E-state index in [9.17, 15) is 9.90 Å². The van der Waals surface area contributed by atoms with Crippen LogP contribution in [0.4, 0.5) is 5.69 Å². The number of hydrogen-bond acceptors (Lipinski definition) is 4. The third-order valence-corrected chi connectivity index (χ3v) is 6.54. The number of carbonyl (C=O) groups is 1. The summed E-state index contributed by atoms with van der Waals surface area (Å²) in [4.78, 5) is 21.7. The third kappa shape index (κ3) is 3.82. The van der Waals surface area contributed by atoms with Crippen LogP contribution in [0.2, 0.25) is 0 Å². The first kappa shape index (κ1) is 20.5. The highest BCUT2D eigenvalue weighted by molar-refractivity contribution is 7.71. The molecule has 0 radical (unpaired) electrons. The first-order valence-corrected chi connectivity index (χ1v) is 11.2. The Hall–Kier alpha value is -3.38. The monoisotopic (exact) mass is 443 g/mol. The molecule has 1 saturated carbocycles. The lowest BCUT2D eigenvalue weighted by molar-refractivity contribution is 0.0998. The average Bonchev–Trinajstić information content (AvgIpc) is 3.48. The van der Waals surface area contributed by atoms with Crippen molar-refractivity contribution >= 4 is 34.7 Å². The molecule has 3 aromatic carbocycles. The molecule has 1 fully saturated rings. The lowest BCUT2D eigenvalue weighted by atomic mass is 10.0. The van der Waals surface area contributed by atoms with Crippen LogP contribution in [-0.4, -0.2) is 33.4 Å². The van der Waals surface area contributed by atoms with E-state index in [1.807, 2.05) is 50.2 Å². The summed E-state index contributed by atoms with van der Waals surface area (Å²) in [6.45, 7) is 4.17. The van der Waals surface area contributed by atoms with Gasteiger partial charge in [0.25, 0.3) is 0 Å². The number of anilines is 1. The van der Waals surface area contributed by atoms with Crippen molar-refractivity contribution in [1.82, 2.24) is 9.97 Å². The van der Waals surface area contributed by atoms with Gasteiger partial charge in [-0.2, -0.15) is 0 Å². The van der Waals surface area contributed by atoms with Gasteiger partial charge in [-0.3, -0.25) is 4.79 Å². The van der Waals surface area contributed by atoms with Crippen LogP contribution in [0.3, 0.4) is 0 Å². The zero-order chi connectivity index (χ0) is 22.4. The molecule has 162 valence electrons. The zero-order valence-corrected chi connectivity index (χ0v) is 18.9. The number of Topliss-reactive ketones (excluding diaryl/α,β-unsaturated/α-hetero) is 1. The minimum absolute atomic E-state index is 0.0694. The Balaban J connectivity index is 1.43. The predicted octanol–water partition coefficient (Wildman–Crippen LogP) is 5.79. The molecule has 0 aliphatic heterocycles. The normalized spacial score (nSPS) is 17.4. The molecule has 0 saturated heterocycles. The maximum atomic E-state index is 13.3. The van der Waals surface area contributed by atoms with Crippen LogP contribution in [0.5, 0.6) is 5.75 Å². The van der Waals surface area contributed by atoms with E-state index in [2.05, 4.69) is 39.1 Å². The number of H-pyrrole nitrogens is 2. The molecule has 1 heterocycles. The van der Waals surface area contributed by atoms with Gasteiger partial charge in [0.15, 0.2) is 10.6 Å². The zero-order valence-electron chi connectivity index (χ0n) is 18.1. The number of ketones is 1. The van der Waals surface area contributed by atoms with E-state index < -0.39 is 0 Å². The van der Waals surface area contributed by atoms with E-state index in [0.29, 0.717) is 28.5 Å². The van der Waals surface area contributed by atoms with E-state index in [-0.39, 0.29) is 11.8 Å². The highest BCUT2D eigenvalue weighted by Gasteiger charge is 2.43. The van der Waals surface area contributed by atoms with Gasteiger partial charge in [0.1, 0.15) is 5.75 Å². The van der Waals surface area contributed by atoms with Gasteiger partial charge >= 0.3 is 0 Å². The number of nitrogens with zero attached hydrogens (tertiary/aromatic N) is 1. The molecule has 32 heavy (non-hydrogen) atoms. The molecule has 5 rings (SSSR count). The summed E-state index contributed by atoms with van der Waals surface area (Å²) in [5.74, 6) is 0.768. The fourth-order valence-electron chi connectivity index (χ4n) is 4.56. The summed E-state index contributed by atoms with van der Waals surface area (Å²) in [6.07, 6.45) is 0.982. The van der Waals surface area contributed by atoms with Crippen molar-refractivity contribution in [3.8, 4) is 5.75 Å². The number of fused-ring (bicyclic) bond motifs is 1. The molecule has 2 unspecified atom stereocenters. The third-order valence-electron chi connectivity index (χ3n) is 6.34. The molecule has 4 aromatic rings. The van der Waals surface area contributed by atoms with Gasteiger partial charge in [-0.05, 0) is 79.5 Å². The van der Waals surface area contributed by atoms with Crippen molar-refractivity contribution in [2.24, 2.45) is 0 Å². The standard InChI is InChI=1S/C26H25N3O2S/c1-15-10-18(11-16(2)25(15)31)20-13-23(20)29(19-6-4-3-5-7-19)14-24(30)17-8-9-21-22(12-17)28-26(32)27-21/h3-12,20,23,31H,13-14H2,1-2H3,(H2,27,28,32). The van der Waals surface area contributed by atoms with E-state index >= 15 is 0 Å². The first-order chi connectivity index (χ1) is 15.4. The number of carbonyl (C=O) groups excluding carboxylic acids is 1. The van der Waals surface area contributed by atoms with Gasteiger partial charge < -0.3 is 20.0 Å². The molecule has 5 nitrogen and oxygen atoms in total. The number of imidazole rings is 1. The molecule has 1 aliphatic carbocycles. The van der Waals surface area contributed by atoms with Crippen molar-refractivity contribution in [2.75, 3.05) is 11.4 Å². The number of aryl methyl sites for hydroxylation is 2. The van der Waals surface area contributed by atoms with Crippen molar-refractivity contribution in [3.63, 3.8) is 0 Å². The molecule has 0 spiro atoms. The summed E-state index contributed by atoms with van der Waals surface area (Å²) in [5.41, 5.74) is 6.45. The first-order valence-electron chi connectivity index (χ1n) is 10.8. The van der Waals surface area contributed by atoms with Crippen LogP contribution >= 0.6 is 12.2 Å². The Morgan fingerprint density at radius 3 is 2.44 bits per heavy atom. The number of phenolic OH excluding ortho intramolecular Hbond substituents is 1. The quantitative estimate of drug-likeness (QED) is 0.260.